The summed E-state index contributed by atoms with van der Waals surface area (Å²) >= 11 is 3.68. The van der Waals surface area contributed by atoms with Gasteiger partial charge in [-0.25, -0.2) is 9.59 Å². The fourth-order valence-corrected chi connectivity index (χ4v) is 11.0. The van der Waals surface area contributed by atoms with Gasteiger partial charge >= 0.3 is 12.1 Å². The number of primary amides is 1. The van der Waals surface area contributed by atoms with Gasteiger partial charge in [0.1, 0.15) is 17.5 Å². The molecule has 3 atom stereocenters. The van der Waals surface area contributed by atoms with Gasteiger partial charge in [0, 0.05) is 141 Å². The molecule has 4 aromatic carbocycles. The maximum atomic E-state index is 14.4. The minimum Gasteiger partial charge on any atom is -0.409 e. The highest BCUT2D eigenvalue weighted by molar-refractivity contribution is 9.09. The number of benzene rings is 4. The molecule has 12 amide bonds. The van der Waals surface area contributed by atoms with Gasteiger partial charge in [-0.15, -0.1) is 0 Å². The Morgan fingerprint density at radius 1 is 0.739 bits per heavy atom. The van der Waals surface area contributed by atoms with Crippen molar-refractivity contribution in [3.8, 4) is 5.75 Å². The maximum absolute atomic E-state index is 14.4. The summed E-state index contributed by atoms with van der Waals surface area (Å²) in [5, 5.41) is 24.9. The molecule has 0 aliphatic carbocycles. The van der Waals surface area contributed by atoms with Crippen molar-refractivity contribution in [2.24, 2.45) is 11.7 Å². The number of nitrogens with two attached hydrogens (primary N) is 1. The summed E-state index contributed by atoms with van der Waals surface area (Å²) in [5.74, 6) is -2.90. The van der Waals surface area contributed by atoms with Crippen LogP contribution in [0.5, 0.6) is 5.75 Å². The zero-order chi connectivity index (χ0) is 66.4. The van der Waals surface area contributed by atoms with Gasteiger partial charge in [-0.05, 0) is 99.1 Å². The van der Waals surface area contributed by atoms with E-state index in [4.69, 9.17) is 15.2 Å². The van der Waals surface area contributed by atoms with Gasteiger partial charge in [0.2, 0.25) is 29.5 Å². The Balaban J connectivity index is 0.000000462. The zero-order valence-corrected chi connectivity index (χ0v) is 53.8. The molecular formula is C64H81BrN14O13. The fraction of sp³-hybridized carbons (Fsp3) is 0.422. The molecule has 1 fully saturated rings. The molecule has 27 nitrogen and oxygen atoms in total. The van der Waals surface area contributed by atoms with Crippen LogP contribution < -0.4 is 57.9 Å². The normalized spacial score (nSPS) is 15.1. The number of imide groups is 1. The van der Waals surface area contributed by atoms with Crippen molar-refractivity contribution in [3.63, 3.8) is 0 Å². The summed E-state index contributed by atoms with van der Waals surface area (Å²) in [6.45, 7) is 12.4. The molecule has 0 saturated carbocycles. The monoisotopic (exact) mass is 1330 g/mol. The fourth-order valence-electron chi connectivity index (χ4n) is 10.5. The molecule has 492 valence electrons. The lowest BCUT2D eigenvalue weighted by Gasteiger charge is -2.31. The third-order valence-corrected chi connectivity index (χ3v) is 16.1. The zero-order valence-electron chi connectivity index (χ0n) is 52.2. The van der Waals surface area contributed by atoms with Gasteiger partial charge in [-0.3, -0.25) is 53.4 Å². The second-order valence-corrected chi connectivity index (χ2v) is 23.1. The van der Waals surface area contributed by atoms with Crippen LogP contribution in [0.15, 0.2) is 91.0 Å². The number of rotatable bonds is 28. The van der Waals surface area contributed by atoms with Gasteiger partial charge in [-0.2, -0.15) is 0 Å². The Bertz CT molecular complexity index is 3520. The molecule has 0 bridgehead atoms. The van der Waals surface area contributed by atoms with Crippen LogP contribution in [0.1, 0.15) is 85.7 Å². The number of nitrogens with zero attached hydrogens (tertiary/aromatic N) is 4. The first-order valence-electron chi connectivity index (χ1n) is 30.6. The van der Waals surface area contributed by atoms with Gasteiger partial charge in [-0.1, -0.05) is 54.0 Å². The predicted molar refractivity (Wildman–Crippen MR) is 350 cm³/mol. The van der Waals surface area contributed by atoms with Crippen LogP contribution in [-0.4, -0.2) is 195 Å². The molecule has 0 radical (unpaired) electrons. The summed E-state index contributed by atoms with van der Waals surface area (Å²) in [5.41, 5.74) is 9.06. The number of aromatic nitrogens is 1. The van der Waals surface area contributed by atoms with E-state index >= 15 is 0 Å². The number of H-pyrrole nitrogens is 1. The summed E-state index contributed by atoms with van der Waals surface area (Å²) in [7, 11) is 2.02. The van der Waals surface area contributed by atoms with E-state index in [1.807, 2.05) is 52.1 Å². The number of hydrogen-bond acceptors (Lipinski definition) is 15. The first kappa shape index (κ1) is 70.2. The highest BCUT2D eigenvalue weighted by Gasteiger charge is 2.37. The number of amides is 12. The van der Waals surface area contributed by atoms with Crippen molar-refractivity contribution in [2.45, 2.75) is 71.4 Å². The minimum absolute atomic E-state index is 0.0194. The predicted octanol–water partition coefficient (Wildman–Crippen LogP) is 4.04. The Morgan fingerprint density at radius 2 is 1.41 bits per heavy atom. The van der Waals surface area contributed by atoms with Crippen LogP contribution in [0.2, 0.25) is 0 Å². The summed E-state index contributed by atoms with van der Waals surface area (Å²) in [4.78, 5) is 147. The van der Waals surface area contributed by atoms with E-state index in [2.05, 4.69) is 68.3 Å². The summed E-state index contributed by atoms with van der Waals surface area (Å²) < 4.78 is 11.3. The van der Waals surface area contributed by atoms with Gasteiger partial charge in [0.15, 0.2) is 0 Å². The van der Waals surface area contributed by atoms with Crippen molar-refractivity contribution in [2.75, 3.05) is 113 Å². The second kappa shape index (κ2) is 34.3. The number of alkyl halides is 1. The third-order valence-electron chi connectivity index (χ3n) is 15.3. The molecular weight excluding hydrogens is 1250 g/mol. The Kier molecular flexibility index (Phi) is 26.1. The van der Waals surface area contributed by atoms with Crippen molar-refractivity contribution in [1.29, 1.82) is 0 Å². The number of fused-ring (bicyclic) bond motifs is 4. The van der Waals surface area contributed by atoms with E-state index in [1.165, 1.54) is 12.2 Å². The number of likely N-dealkylation sites (N-methyl/N-ethyl adjacent to an activating group) is 2. The molecule has 3 aliphatic rings. The summed E-state index contributed by atoms with van der Waals surface area (Å²) in [6, 6.07) is 20.3. The number of hydrogen-bond donors (Lipinski definition) is 10. The van der Waals surface area contributed by atoms with Crippen molar-refractivity contribution >= 4 is 120 Å². The lowest BCUT2D eigenvalue weighted by atomic mass is 9.95. The lowest BCUT2D eigenvalue weighted by molar-refractivity contribution is -0.137. The molecule has 1 saturated heterocycles. The quantitative estimate of drug-likeness (QED) is 0.0192. The topological polar surface area (TPSA) is 357 Å². The SMILES string of the molecule is CCNC(=O)CCOCCNC(=O)CCN1C(=O)C=CC1=O.CCNC(=O)CN[C@H](C(=O)N[C@@H](CCCNC(N)=O)C(=O)Nc1ccc(C(=O)Nc2ccc3[nH]c(C(=O)N4C[C@@H](CBr)c5c4cc(OC(=O)N4CCN(C)CC4)c4ccccc54)cc3c2)cc1)C(C)C. The number of piperazine rings is 1. The van der Waals surface area contributed by atoms with Crippen molar-refractivity contribution in [1.82, 2.24) is 51.6 Å². The average Bonchev–Trinajstić information content (AvgIpc) is 1.56. The Hall–Kier alpha value is -9.25. The average molecular weight is 1330 g/mol. The highest BCUT2D eigenvalue weighted by atomic mass is 79.9. The molecule has 11 N–H and O–H groups in total. The van der Waals surface area contributed by atoms with Gasteiger partial charge < -0.3 is 72.1 Å². The van der Waals surface area contributed by atoms with Crippen LogP contribution in [-0.2, 0) is 38.3 Å². The second-order valence-electron chi connectivity index (χ2n) is 22.4. The first-order valence-corrected chi connectivity index (χ1v) is 31.7. The first-order chi connectivity index (χ1) is 44.2. The number of nitrogens with one attached hydrogen (secondary N) is 9. The van der Waals surface area contributed by atoms with E-state index in [0.717, 1.165) is 34.3 Å². The maximum Gasteiger partial charge on any atom is 0.415 e. The van der Waals surface area contributed by atoms with E-state index in [0.29, 0.717) is 109 Å². The molecule has 3 aliphatic heterocycles. The summed E-state index contributed by atoms with van der Waals surface area (Å²) in [6.07, 6.45) is 2.77. The molecule has 1 aromatic heterocycles. The highest BCUT2D eigenvalue weighted by Crippen LogP contribution is 2.46. The smallest absolute Gasteiger partial charge is 0.409 e. The largest absolute Gasteiger partial charge is 0.415 e. The lowest BCUT2D eigenvalue weighted by Crippen LogP contribution is -2.54. The van der Waals surface area contributed by atoms with Crippen molar-refractivity contribution < 1.29 is 62.2 Å². The number of urea groups is 1. The number of anilines is 3. The molecule has 4 heterocycles. The Morgan fingerprint density at radius 3 is 2.09 bits per heavy atom. The molecule has 0 spiro atoms. The van der Waals surface area contributed by atoms with Crippen LogP contribution in [0, 0.1) is 5.92 Å². The van der Waals surface area contributed by atoms with E-state index in [9.17, 15) is 52.7 Å². The molecule has 92 heavy (non-hydrogen) atoms. The van der Waals surface area contributed by atoms with E-state index in [-0.39, 0.29) is 74.4 Å². The third kappa shape index (κ3) is 19.6. The molecule has 5 aromatic rings. The van der Waals surface area contributed by atoms with E-state index in [1.54, 1.807) is 71.3 Å². The van der Waals surface area contributed by atoms with Crippen LogP contribution in [0.25, 0.3) is 21.7 Å². The van der Waals surface area contributed by atoms with Gasteiger partial charge in [0.25, 0.3) is 23.6 Å². The van der Waals surface area contributed by atoms with Crippen LogP contribution in [0.3, 0.4) is 0 Å². The Labute approximate surface area is 541 Å². The standard InChI is InChI=1S/C50H60BrN11O8.C14H21N3O5/c1-5-53-42(63)27-55-44(29(2)3)47(66)59-38(11-8-18-54-49(52)68)46(65)56-33-14-12-30(13-15-33)45(64)57-34-16-17-37-31(23-34)24-39(58-37)48(67)62-28-32(26-51)43-36-10-7-6-9-35(36)41(25-40(43)62)70-50(69)61-21-19-60(4)20-22-61;1-2-15-12(19)6-9-22-10-7-16-11(18)5-8-17-13(20)3-4-14(17)21/h6-7,9-10,12-17,23-25,29,32,38,44,55,58H,5,8,11,18-22,26-28H2,1-4H3,(H,53,63)(H,56,65)(H,57,64)(H,59,66)(H3,52,54,68);3-4H,2,5-10H2,1H3,(H,15,19)(H,16,18)/t32-,38+,44+;/m1./s1. The molecule has 0 unspecified atom stereocenters. The van der Waals surface area contributed by atoms with Gasteiger partial charge in [0.05, 0.1) is 31.5 Å². The molecule has 28 heteroatoms. The van der Waals surface area contributed by atoms with Crippen LogP contribution in [0.4, 0.5) is 26.7 Å². The molecule has 8 rings (SSSR count). The number of ether oxygens (including phenoxy) is 2. The van der Waals surface area contributed by atoms with Crippen LogP contribution >= 0.6 is 15.9 Å². The van der Waals surface area contributed by atoms with E-state index < -0.39 is 53.7 Å². The number of carbonyl (C=O) groups is 11. The minimum atomic E-state index is -1.01. The van der Waals surface area contributed by atoms with Crippen molar-refractivity contribution in [3.05, 3.63) is 108 Å². The number of carbonyl (C=O) groups excluding carboxylic acids is 11. The number of halogens is 1. The number of aromatic amines is 1.